The zero-order valence-corrected chi connectivity index (χ0v) is 14.6. The Morgan fingerprint density at radius 1 is 1.12 bits per heavy atom. The van der Waals surface area contributed by atoms with E-state index in [4.69, 9.17) is 4.74 Å². The lowest BCUT2D eigenvalue weighted by molar-refractivity contribution is 0.205. The summed E-state index contributed by atoms with van der Waals surface area (Å²) in [6.45, 7) is 0.337. The monoisotopic (exact) mass is 355 g/mol. The van der Waals surface area contributed by atoms with Crippen molar-refractivity contribution in [2.45, 2.75) is 6.10 Å². The lowest BCUT2D eigenvalue weighted by atomic mass is 10.1. The molecule has 3 aromatic rings. The Kier molecular flexibility index (Phi) is 4.08. The average Bonchev–Trinajstić information content (AvgIpc) is 3.19. The predicted molar refractivity (Wildman–Crippen MR) is 96.7 cm³/mol. The molecule has 1 unspecified atom stereocenters. The van der Waals surface area contributed by atoms with Gasteiger partial charge in [-0.1, -0.05) is 6.07 Å². The summed E-state index contributed by atoms with van der Waals surface area (Å²) >= 11 is 1.43. The molecule has 1 aliphatic heterocycles. The van der Waals surface area contributed by atoms with E-state index in [1.54, 1.807) is 25.7 Å². The third-order valence-electron chi connectivity index (χ3n) is 4.14. The molecule has 0 fully saturated rings. The molecule has 1 aromatic carbocycles. The number of nitrogens with zero attached hydrogens (tertiary/aromatic N) is 5. The van der Waals surface area contributed by atoms with Crippen molar-refractivity contribution in [2.75, 3.05) is 30.7 Å². The summed E-state index contributed by atoms with van der Waals surface area (Å²) < 4.78 is 5.37. The van der Waals surface area contributed by atoms with Crippen molar-refractivity contribution >= 4 is 34.3 Å². The summed E-state index contributed by atoms with van der Waals surface area (Å²) in [4.78, 5) is 17.1. The summed E-state index contributed by atoms with van der Waals surface area (Å²) in [6, 6.07) is 5.84. The highest BCUT2D eigenvalue weighted by molar-refractivity contribution is 7.09. The van der Waals surface area contributed by atoms with Crippen LogP contribution < -0.4 is 9.80 Å². The van der Waals surface area contributed by atoms with E-state index >= 15 is 0 Å². The summed E-state index contributed by atoms with van der Waals surface area (Å²) in [5.41, 5.74) is 2.65. The zero-order valence-electron chi connectivity index (χ0n) is 13.8. The molecule has 1 N–H and O–H groups in total. The number of thiazole rings is 1. The van der Waals surface area contributed by atoms with Crippen LogP contribution >= 0.6 is 11.3 Å². The van der Waals surface area contributed by atoms with E-state index in [0.717, 1.165) is 28.6 Å². The summed E-state index contributed by atoms with van der Waals surface area (Å²) in [7, 11) is 3.59. The molecule has 1 atom stereocenters. The van der Waals surface area contributed by atoms with Gasteiger partial charge in [-0.15, -0.1) is 11.3 Å². The molecule has 4 rings (SSSR count). The topological polar surface area (TPSA) is 74.6 Å². The highest BCUT2D eigenvalue weighted by atomic mass is 32.1. The second-order valence-corrected chi connectivity index (χ2v) is 6.56. The molecule has 0 spiro atoms. The molecule has 0 saturated carbocycles. The first-order valence-electron chi connectivity index (χ1n) is 7.73. The van der Waals surface area contributed by atoms with Gasteiger partial charge in [0.1, 0.15) is 17.8 Å². The van der Waals surface area contributed by atoms with Crippen molar-refractivity contribution in [2.24, 2.45) is 0 Å². The molecule has 1 aliphatic rings. The predicted octanol–water partition coefficient (Wildman–Crippen LogP) is 2.84. The number of hydrogen-bond acceptors (Lipinski definition) is 8. The molecule has 8 heteroatoms. The molecule has 3 heterocycles. The first kappa shape index (κ1) is 15.9. The minimum atomic E-state index is -0.761. The summed E-state index contributed by atoms with van der Waals surface area (Å²) in [5.74, 6) is 1.49. The van der Waals surface area contributed by atoms with Gasteiger partial charge in [-0.05, 0) is 17.7 Å². The highest BCUT2D eigenvalue weighted by Crippen LogP contribution is 2.45. The second kappa shape index (κ2) is 6.40. The highest BCUT2D eigenvalue weighted by Gasteiger charge is 2.29. The number of anilines is 4. The number of methoxy groups -OCH3 is 1. The van der Waals surface area contributed by atoms with Gasteiger partial charge >= 0.3 is 0 Å². The molecule has 0 radical (unpaired) electrons. The van der Waals surface area contributed by atoms with Crippen molar-refractivity contribution in [3.8, 4) is 0 Å². The molecule has 0 amide bonds. The fraction of sp³-hybridized carbons (Fsp3) is 0.235. The van der Waals surface area contributed by atoms with Crippen molar-refractivity contribution in [1.29, 1.82) is 0 Å². The number of rotatable bonds is 4. The fourth-order valence-electron chi connectivity index (χ4n) is 2.96. The Labute approximate surface area is 149 Å². The van der Waals surface area contributed by atoms with Crippen molar-refractivity contribution < 1.29 is 9.84 Å². The minimum Gasteiger partial charge on any atom is -0.381 e. The van der Waals surface area contributed by atoms with E-state index in [9.17, 15) is 5.11 Å². The van der Waals surface area contributed by atoms with Gasteiger partial charge in [-0.25, -0.2) is 15.0 Å². The maximum absolute atomic E-state index is 10.6. The first-order chi connectivity index (χ1) is 12.2. The molecular weight excluding hydrogens is 338 g/mol. The van der Waals surface area contributed by atoms with Gasteiger partial charge < -0.3 is 14.7 Å². The van der Waals surface area contributed by atoms with Crippen LogP contribution in [0, 0.1) is 0 Å². The van der Waals surface area contributed by atoms with E-state index in [2.05, 4.69) is 15.0 Å². The largest absolute Gasteiger partial charge is 0.381 e. The Hall–Kier alpha value is -2.55. The third-order valence-corrected chi connectivity index (χ3v) is 4.97. The SMILES string of the molecule is COCN1c2cc(C(O)c3nccs3)ccc2N(C)c2nccnc21. The van der Waals surface area contributed by atoms with Crippen LogP contribution in [0.4, 0.5) is 23.0 Å². The standard InChI is InChI=1S/C17H17N5O2S/c1-21-12-4-3-11(14(23)17-20-7-8-25-17)9-13(12)22(10-24-2)16-15(21)18-5-6-19-16/h3-9,14,23H,10H2,1-2H3. The van der Waals surface area contributed by atoms with Crippen LogP contribution in [0.15, 0.2) is 42.2 Å². The van der Waals surface area contributed by atoms with Crippen LogP contribution in [0.2, 0.25) is 0 Å². The van der Waals surface area contributed by atoms with E-state index in [0.29, 0.717) is 11.7 Å². The van der Waals surface area contributed by atoms with E-state index in [1.807, 2.05) is 40.4 Å². The fourth-order valence-corrected chi connectivity index (χ4v) is 3.61. The van der Waals surface area contributed by atoms with E-state index in [1.165, 1.54) is 11.3 Å². The van der Waals surface area contributed by atoms with Crippen molar-refractivity contribution in [3.05, 3.63) is 52.7 Å². The number of aliphatic hydroxyl groups is 1. The zero-order chi connectivity index (χ0) is 17.4. The molecule has 0 bridgehead atoms. The lowest BCUT2D eigenvalue weighted by Crippen LogP contribution is -2.30. The summed E-state index contributed by atoms with van der Waals surface area (Å²) in [6.07, 6.45) is 4.27. The van der Waals surface area contributed by atoms with Gasteiger partial charge in [0.05, 0.1) is 11.4 Å². The number of fused-ring (bicyclic) bond motifs is 2. The lowest BCUT2D eigenvalue weighted by Gasteiger charge is -2.36. The van der Waals surface area contributed by atoms with Crippen LogP contribution in [0.5, 0.6) is 0 Å². The Morgan fingerprint density at radius 3 is 2.64 bits per heavy atom. The van der Waals surface area contributed by atoms with Gasteiger partial charge in [0.2, 0.25) is 0 Å². The number of aliphatic hydroxyl groups excluding tert-OH is 1. The van der Waals surface area contributed by atoms with E-state index < -0.39 is 6.10 Å². The normalized spacial score (nSPS) is 14.2. The van der Waals surface area contributed by atoms with Crippen LogP contribution in [0.1, 0.15) is 16.7 Å². The minimum absolute atomic E-state index is 0.337. The molecule has 128 valence electrons. The number of hydrogen-bond donors (Lipinski definition) is 1. The second-order valence-electron chi connectivity index (χ2n) is 5.63. The first-order valence-corrected chi connectivity index (χ1v) is 8.61. The maximum Gasteiger partial charge on any atom is 0.178 e. The third kappa shape index (κ3) is 2.64. The molecule has 2 aromatic heterocycles. The van der Waals surface area contributed by atoms with Crippen LogP contribution in [0.25, 0.3) is 0 Å². The van der Waals surface area contributed by atoms with Crippen molar-refractivity contribution in [1.82, 2.24) is 15.0 Å². The Morgan fingerprint density at radius 2 is 1.92 bits per heavy atom. The van der Waals surface area contributed by atoms with Crippen LogP contribution in [0.3, 0.4) is 0 Å². The molecule has 25 heavy (non-hydrogen) atoms. The average molecular weight is 355 g/mol. The van der Waals surface area contributed by atoms with Gasteiger partial charge in [0, 0.05) is 38.1 Å². The molecule has 0 aliphatic carbocycles. The van der Waals surface area contributed by atoms with E-state index in [-0.39, 0.29) is 0 Å². The molecular formula is C17H17N5O2S. The number of ether oxygens (including phenoxy) is 1. The van der Waals surface area contributed by atoms with Gasteiger partial charge in [0.25, 0.3) is 0 Å². The van der Waals surface area contributed by atoms with Gasteiger partial charge in [-0.3, -0.25) is 4.90 Å². The van der Waals surface area contributed by atoms with Crippen molar-refractivity contribution in [3.63, 3.8) is 0 Å². The van der Waals surface area contributed by atoms with Crippen LogP contribution in [-0.4, -0.2) is 40.9 Å². The van der Waals surface area contributed by atoms with Crippen LogP contribution in [-0.2, 0) is 4.74 Å². The number of aromatic nitrogens is 3. The molecule has 0 saturated heterocycles. The molecule has 7 nitrogen and oxygen atoms in total. The quantitative estimate of drug-likeness (QED) is 0.771. The Balaban J connectivity index is 1.82. The smallest absolute Gasteiger partial charge is 0.178 e. The maximum atomic E-state index is 10.6. The van der Waals surface area contributed by atoms with Gasteiger partial charge in [-0.2, -0.15) is 0 Å². The summed E-state index contributed by atoms with van der Waals surface area (Å²) in [5, 5.41) is 13.1. The number of benzene rings is 1. The Bertz CT molecular complexity index is 887. The van der Waals surface area contributed by atoms with Gasteiger partial charge in [0.15, 0.2) is 11.6 Å².